The van der Waals surface area contributed by atoms with E-state index in [0.717, 1.165) is 0 Å². The standard InChI is InChI=1S/C14H19NO5/c1-3-10(2)15(8-14(18)19)13(17)9-20-12-7-5-4-6-11(12)16/h4-7,10,16H,3,8-9H2,1-2H3,(H,18,19). The van der Waals surface area contributed by atoms with Crippen LogP contribution in [0.1, 0.15) is 20.3 Å². The topological polar surface area (TPSA) is 87.1 Å². The van der Waals surface area contributed by atoms with Gasteiger partial charge in [-0.25, -0.2) is 0 Å². The number of benzene rings is 1. The number of rotatable bonds is 7. The fourth-order valence-electron chi connectivity index (χ4n) is 1.66. The third-order valence-corrected chi connectivity index (χ3v) is 2.97. The van der Waals surface area contributed by atoms with Crippen LogP contribution in [0.25, 0.3) is 0 Å². The lowest BCUT2D eigenvalue weighted by Crippen LogP contribution is -2.44. The summed E-state index contributed by atoms with van der Waals surface area (Å²) in [5, 5.41) is 18.4. The second-order valence-electron chi connectivity index (χ2n) is 4.43. The Kier molecular flexibility index (Phi) is 5.83. The number of para-hydroxylation sites is 2. The SMILES string of the molecule is CCC(C)N(CC(=O)O)C(=O)COc1ccccc1O. The van der Waals surface area contributed by atoms with E-state index in [2.05, 4.69) is 0 Å². The van der Waals surface area contributed by atoms with Gasteiger partial charge in [-0.2, -0.15) is 0 Å². The lowest BCUT2D eigenvalue weighted by Gasteiger charge is -2.26. The van der Waals surface area contributed by atoms with Crippen LogP contribution in [-0.2, 0) is 9.59 Å². The summed E-state index contributed by atoms with van der Waals surface area (Å²) in [5.74, 6) is -1.36. The van der Waals surface area contributed by atoms with Crippen LogP contribution in [0.5, 0.6) is 11.5 Å². The van der Waals surface area contributed by atoms with E-state index in [9.17, 15) is 14.7 Å². The van der Waals surface area contributed by atoms with Crippen molar-refractivity contribution in [3.8, 4) is 11.5 Å². The summed E-state index contributed by atoms with van der Waals surface area (Å²) in [5.41, 5.74) is 0. The summed E-state index contributed by atoms with van der Waals surface area (Å²) in [6, 6.07) is 6.10. The molecule has 2 N–H and O–H groups in total. The molecule has 0 saturated heterocycles. The Bertz CT molecular complexity index is 474. The average Bonchev–Trinajstić information content (AvgIpc) is 2.42. The van der Waals surface area contributed by atoms with Gasteiger partial charge in [0.05, 0.1) is 0 Å². The van der Waals surface area contributed by atoms with E-state index in [4.69, 9.17) is 9.84 Å². The molecule has 0 aliphatic rings. The number of amides is 1. The molecule has 6 nitrogen and oxygen atoms in total. The molecule has 1 rings (SSSR count). The van der Waals surface area contributed by atoms with E-state index in [0.29, 0.717) is 6.42 Å². The number of ether oxygens (including phenoxy) is 1. The van der Waals surface area contributed by atoms with Crippen LogP contribution in [0.15, 0.2) is 24.3 Å². The molecule has 6 heteroatoms. The molecule has 0 saturated carbocycles. The maximum Gasteiger partial charge on any atom is 0.323 e. The summed E-state index contributed by atoms with van der Waals surface area (Å²) >= 11 is 0. The number of aliphatic carboxylic acids is 1. The lowest BCUT2D eigenvalue weighted by molar-refractivity contribution is -0.147. The molecule has 0 radical (unpaired) electrons. The number of carboxylic acids is 1. The number of aromatic hydroxyl groups is 1. The minimum atomic E-state index is -1.07. The van der Waals surface area contributed by atoms with Crippen LogP contribution in [0.2, 0.25) is 0 Å². The molecular formula is C14H19NO5. The third kappa shape index (κ3) is 4.46. The molecule has 0 bridgehead atoms. The molecule has 0 heterocycles. The van der Waals surface area contributed by atoms with Crippen LogP contribution >= 0.6 is 0 Å². The highest BCUT2D eigenvalue weighted by Gasteiger charge is 2.22. The van der Waals surface area contributed by atoms with Gasteiger partial charge in [-0.3, -0.25) is 9.59 Å². The van der Waals surface area contributed by atoms with Crippen LogP contribution in [-0.4, -0.2) is 46.2 Å². The summed E-state index contributed by atoms with van der Waals surface area (Å²) in [7, 11) is 0. The van der Waals surface area contributed by atoms with E-state index in [1.54, 1.807) is 19.1 Å². The second-order valence-corrected chi connectivity index (χ2v) is 4.43. The Morgan fingerprint density at radius 1 is 1.35 bits per heavy atom. The Morgan fingerprint density at radius 2 is 2.00 bits per heavy atom. The van der Waals surface area contributed by atoms with Crippen LogP contribution in [0, 0.1) is 0 Å². The van der Waals surface area contributed by atoms with E-state index in [1.807, 2.05) is 6.92 Å². The molecule has 0 aliphatic heterocycles. The molecular weight excluding hydrogens is 262 g/mol. The fraction of sp³-hybridized carbons (Fsp3) is 0.429. The van der Waals surface area contributed by atoms with Gasteiger partial charge >= 0.3 is 5.97 Å². The van der Waals surface area contributed by atoms with Crippen LogP contribution in [0.3, 0.4) is 0 Å². The number of phenolic OH excluding ortho intramolecular Hbond substituents is 1. The first-order valence-corrected chi connectivity index (χ1v) is 6.37. The molecule has 1 amide bonds. The minimum Gasteiger partial charge on any atom is -0.504 e. The number of hydrogen-bond donors (Lipinski definition) is 2. The summed E-state index contributed by atoms with van der Waals surface area (Å²) in [6.07, 6.45) is 0.648. The number of carbonyl (C=O) groups excluding carboxylic acids is 1. The predicted octanol–water partition coefficient (Wildman–Crippen LogP) is 1.48. The zero-order valence-electron chi connectivity index (χ0n) is 11.6. The first-order valence-electron chi connectivity index (χ1n) is 6.37. The van der Waals surface area contributed by atoms with Gasteiger partial charge < -0.3 is 19.8 Å². The van der Waals surface area contributed by atoms with Crippen molar-refractivity contribution in [2.45, 2.75) is 26.3 Å². The molecule has 1 atom stereocenters. The van der Waals surface area contributed by atoms with Gasteiger partial charge in [-0.05, 0) is 25.5 Å². The summed E-state index contributed by atoms with van der Waals surface area (Å²) in [6.45, 7) is 2.98. The normalized spacial score (nSPS) is 11.7. The van der Waals surface area contributed by atoms with Gasteiger partial charge in [0, 0.05) is 6.04 Å². The fourth-order valence-corrected chi connectivity index (χ4v) is 1.66. The van der Waals surface area contributed by atoms with Gasteiger partial charge in [0.15, 0.2) is 18.1 Å². The molecule has 1 unspecified atom stereocenters. The summed E-state index contributed by atoms with van der Waals surface area (Å²) < 4.78 is 5.22. The summed E-state index contributed by atoms with van der Waals surface area (Å²) in [4.78, 5) is 24.1. The average molecular weight is 281 g/mol. The number of phenols is 1. The van der Waals surface area contributed by atoms with Crippen molar-refractivity contribution in [2.75, 3.05) is 13.2 Å². The predicted molar refractivity (Wildman–Crippen MR) is 72.7 cm³/mol. The van der Waals surface area contributed by atoms with Gasteiger partial charge in [-0.15, -0.1) is 0 Å². The maximum absolute atomic E-state index is 12.0. The van der Waals surface area contributed by atoms with E-state index in [1.165, 1.54) is 17.0 Å². The maximum atomic E-state index is 12.0. The zero-order chi connectivity index (χ0) is 15.1. The van der Waals surface area contributed by atoms with Crippen molar-refractivity contribution in [3.63, 3.8) is 0 Å². The number of hydrogen-bond acceptors (Lipinski definition) is 4. The zero-order valence-corrected chi connectivity index (χ0v) is 11.6. The monoisotopic (exact) mass is 281 g/mol. The van der Waals surface area contributed by atoms with Crippen molar-refractivity contribution >= 4 is 11.9 Å². The van der Waals surface area contributed by atoms with Crippen molar-refractivity contribution < 1.29 is 24.5 Å². The highest BCUT2D eigenvalue weighted by molar-refractivity contribution is 5.82. The molecule has 110 valence electrons. The van der Waals surface area contributed by atoms with Crippen LogP contribution in [0.4, 0.5) is 0 Å². The molecule has 20 heavy (non-hydrogen) atoms. The number of carbonyl (C=O) groups is 2. The van der Waals surface area contributed by atoms with Gasteiger partial charge in [0.25, 0.3) is 5.91 Å². The second kappa shape index (κ2) is 7.37. The highest BCUT2D eigenvalue weighted by atomic mass is 16.5. The van der Waals surface area contributed by atoms with Crippen LogP contribution < -0.4 is 4.74 Å². The third-order valence-electron chi connectivity index (χ3n) is 2.97. The Morgan fingerprint density at radius 3 is 2.55 bits per heavy atom. The van der Waals surface area contributed by atoms with E-state index >= 15 is 0 Å². The molecule has 1 aromatic carbocycles. The Hall–Kier alpha value is -2.24. The van der Waals surface area contributed by atoms with Crippen molar-refractivity contribution in [2.24, 2.45) is 0 Å². The molecule has 0 spiro atoms. The van der Waals surface area contributed by atoms with Gasteiger partial charge in [0.2, 0.25) is 0 Å². The van der Waals surface area contributed by atoms with Gasteiger partial charge in [-0.1, -0.05) is 19.1 Å². The molecule has 0 aliphatic carbocycles. The first kappa shape index (κ1) is 15.8. The van der Waals surface area contributed by atoms with E-state index < -0.39 is 11.9 Å². The number of carboxylic acid groups (broad SMARTS) is 1. The highest BCUT2D eigenvalue weighted by Crippen LogP contribution is 2.24. The molecule has 0 fully saturated rings. The Balaban J connectivity index is 2.67. The molecule has 0 aromatic heterocycles. The Labute approximate surface area is 117 Å². The smallest absolute Gasteiger partial charge is 0.323 e. The largest absolute Gasteiger partial charge is 0.504 e. The van der Waals surface area contributed by atoms with Crippen molar-refractivity contribution in [1.82, 2.24) is 4.90 Å². The minimum absolute atomic E-state index is 0.0615. The van der Waals surface area contributed by atoms with Crippen molar-refractivity contribution in [3.05, 3.63) is 24.3 Å². The van der Waals surface area contributed by atoms with Crippen molar-refractivity contribution in [1.29, 1.82) is 0 Å². The molecule has 1 aromatic rings. The number of nitrogens with zero attached hydrogens (tertiary/aromatic N) is 1. The first-order chi connectivity index (χ1) is 9.45. The quantitative estimate of drug-likeness (QED) is 0.790. The lowest BCUT2D eigenvalue weighted by atomic mass is 10.2. The van der Waals surface area contributed by atoms with Gasteiger partial charge in [0.1, 0.15) is 6.54 Å². The van der Waals surface area contributed by atoms with E-state index in [-0.39, 0.29) is 30.7 Å².